The summed E-state index contributed by atoms with van der Waals surface area (Å²) in [6.07, 6.45) is 2.77. The summed E-state index contributed by atoms with van der Waals surface area (Å²) in [6, 6.07) is 6.05. The largest absolute Gasteiger partial charge is 0.361 e. The molecule has 0 aliphatic heterocycles. The second-order valence-electron chi connectivity index (χ2n) is 7.13. The molecule has 0 saturated carbocycles. The summed E-state index contributed by atoms with van der Waals surface area (Å²) < 4.78 is 0.830. The predicted octanol–water partition coefficient (Wildman–Crippen LogP) is 6.31. The van der Waals surface area contributed by atoms with Crippen molar-refractivity contribution in [3.8, 4) is 0 Å². The van der Waals surface area contributed by atoms with E-state index in [4.69, 9.17) is 0 Å². The summed E-state index contributed by atoms with van der Waals surface area (Å²) in [5.74, 6) is 1.30. The lowest BCUT2D eigenvalue weighted by Gasteiger charge is -2.18. The topological polar surface area (TPSA) is 93.0 Å². The molecule has 0 aliphatic rings. The molecule has 2 rings (SSSR count). The fourth-order valence-electron chi connectivity index (χ4n) is 2.97. The quantitative estimate of drug-likeness (QED) is 0.343. The van der Waals surface area contributed by atoms with Gasteiger partial charge in [-0.3, -0.25) is 10.1 Å². The van der Waals surface area contributed by atoms with Gasteiger partial charge in [-0.05, 0) is 59.3 Å². The standard InChI is InChI=1S/C20H28BrN5O2/c1-6-8-15(7-2)24-19-18(26(27)28)20(23-13(5)22-19)25-17-10-9-14(12(3)4)11-16(17)21/h9-12,15H,6-8H2,1-5H3,(H2,22,23,24,25). The number of hydrogen-bond acceptors (Lipinski definition) is 6. The third kappa shape index (κ3) is 5.41. The molecular formula is C20H28BrN5O2. The van der Waals surface area contributed by atoms with Crippen molar-refractivity contribution < 1.29 is 4.92 Å². The number of aromatic nitrogens is 2. The molecule has 1 unspecified atom stereocenters. The summed E-state index contributed by atoms with van der Waals surface area (Å²) in [7, 11) is 0. The second kappa shape index (κ2) is 9.82. The zero-order valence-corrected chi connectivity index (χ0v) is 18.6. The molecule has 7 nitrogen and oxygen atoms in total. The summed E-state index contributed by atoms with van der Waals surface area (Å²) >= 11 is 3.55. The molecule has 1 aromatic heterocycles. The molecule has 1 aromatic carbocycles. The highest BCUT2D eigenvalue weighted by Gasteiger charge is 2.26. The zero-order valence-electron chi connectivity index (χ0n) is 17.0. The highest BCUT2D eigenvalue weighted by Crippen LogP contribution is 2.35. The summed E-state index contributed by atoms with van der Waals surface area (Å²) in [6.45, 7) is 10.1. The molecule has 152 valence electrons. The monoisotopic (exact) mass is 449 g/mol. The van der Waals surface area contributed by atoms with Crippen LogP contribution in [0.2, 0.25) is 0 Å². The van der Waals surface area contributed by atoms with Gasteiger partial charge >= 0.3 is 5.69 Å². The van der Waals surface area contributed by atoms with Crippen LogP contribution in [0.25, 0.3) is 0 Å². The van der Waals surface area contributed by atoms with Crippen LogP contribution in [0.5, 0.6) is 0 Å². The van der Waals surface area contributed by atoms with Crippen LogP contribution in [-0.4, -0.2) is 20.9 Å². The fraction of sp³-hybridized carbons (Fsp3) is 0.500. The molecule has 0 spiro atoms. The van der Waals surface area contributed by atoms with E-state index in [9.17, 15) is 10.1 Å². The molecule has 0 amide bonds. The van der Waals surface area contributed by atoms with Gasteiger partial charge in [-0.15, -0.1) is 0 Å². The van der Waals surface area contributed by atoms with Gasteiger partial charge in [0, 0.05) is 10.5 Å². The molecule has 1 heterocycles. The van der Waals surface area contributed by atoms with E-state index in [1.165, 1.54) is 5.56 Å². The Morgan fingerprint density at radius 2 is 1.89 bits per heavy atom. The van der Waals surface area contributed by atoms with Crippen LogP contribution in [0.1, 0.15) is 64.3 Å². The Kier molecular flexibility index (Phi) is 7.74. The highest BCUT2D eigenvalue weighted by molar-refractivity contribution is 9.10. The molecule has 28 heavy (non-hydrogen) atoms. The Balaban J connectivity index is 2.45. The number of nitrogens with zero attached hydrogens (tertiary/aromatic N) is 3. The van der Waals surface area contributed by atoms with Gasteiger partial charge in [0.2, 0.25) is 11.6 Å². The summed E-state index contributed by atoms with van der Waals surface area (Å²) in [4.78, 5) is 20.0. The average Bonchev–Trinajstić information content (AvgIpc) is 2.62. The Hall–Kier alpha value is -2.22. The zero-order chi connectivity index (χ0) is 20.8. The lowest BCUT2D eigenvalue weighted by molar-refractivity contribution is -0.383. The first-order valence-corrected chi connectivity index (χ1v) is 10.4. The minimum Gasteiger partial charge on any atom is -0.361 e. The van der Waals surface area contributed by atoms with Crippen LogP contribution in [0.4, 0.5) is 23.0 Å². The van der Waals surface area contributed by atoms with Crippen molar-refractivity contribution in [3.63, 3.8) is 0 Å². The van der Waals surface area contributed by atoms with Crippen molar-refractivity contribution in [2.45, 2.75) is 65.8 Å². The van der Waals surface area contributed by atoms with Crippen LogP contribution in [0, 0.1) is 17.0 Å². The fourth-order valence-corrected chi connectivity index (χ4v) is 3.46. The van der Waals surface area contributed by atoms with Gasteiger partial charge in [-0.1, -0.05) is 40.2 Å². The smallest absolute Gasteiger partial charge is 0.353 e. The van der Waals surface area contributed by atoms with E-state index in [1.807, 2.05) is 18.2 Å². The lowest BCUT2D eigenvalue weighted by atomic mass is 10.0. The molecule has 8 heteroatoms. The average molecular weight is 450 g/mol. The van der Waals surface area contributed by atoms with Gasteiger partial charge in [0.15, 0.2) is 0 Å². The van der Waals surface area contributed by atoms with E-state index in [0.29, 0.717) is 11.7 Å². The first-order valence-electron chi connectivity index (χ1n) is 9.62. The third-order valence-corrected chi connectivity index (χ3v) is 5.22. The van der Waals surface area contributed by atoms with Gasteiger partial charge in [-0.25, -0.2) is 9.97 Å². The van der Waals surface area contributed by atoms with Crippen molar-refractivity contribution in [2.75, 3.05) is 10.6 Å². The minimum atomic E-state index is -0.431. The molecular weight excluding hydrogens is 422 g/mol. The van der Waals surface area contributed by atoms with Crippen molar-refractivity contribution in [1.29, 1.82) is 0 Å². The summed E-state index contributed by atoms with van der Waals surface area (Å²) in [5.41, 5.74) is 1.76. The maximum atomic E-state index is 11.8. The number of benzene rings is 1. The van der Waals surface area contributed by atoms with Gasteiger partial charge in [0.05, 0.1) is 10.6 Å². The Morgan fingerprint density at radius 3 is 2.43 bits per heavy atom. The van der Waals surface area contributed by atoms with Gasteiger partial charge in [-0.2, -0.15) is 0 Å². The maximum absolute atomic E-state index is 11.8. The predicted molar refractivity (Wildman–Crippen MR) is 118 cm³/mol. The molecule has 0 radical (unpaired) electrons. The maximum Gasteiger partial charge on any atom is 0.353 e. The van der Waals surface area contributed by atoms with Crippen molar-refractivity contribution >= 4 is 38.9 Å². The van der Waals surface area contributed by atoms with E-state index >= 15 is 0 Å². The molecule has 0 fully saturated rings. The van der Waals surface area contributed by atoms with Gasteiger partial charge in [0.25, 0.3) is 0 Å². The molecule has 2 aromatic rings. The van der Waals surface area contributed by atoms with Gasteiger partial charge < -0.3 is 10.6 Å². The van der Waals surface area contributed by atoms with Crippen LogP contribution >= 0.6 is 15.9 Å². The Morgan fingerprint density at radius 1 is 1.21 bits per heavy atom. The molecule has 0 saturated heterocycles. The number of nitrogens with one attached hydrogen (secondary N) is 2. The molecule has 1 atom stereocenters. The normalized spacial score (nSPS) is 12.1. The van der Waals surface area contributed by atoms with E-state index in [2.05, 4.69) is 64.2 Å². The first kappa shape index (κ1) is 22.1. The third-order valence-electron chi connectivity index (χ3n) is 4.56. The van der Waals surface area contributed by atoms with E-state index < -0.39 is 4.92 Å². The van der Waals surface area contributed by atoms with Crippen LogP contribution < -0.4 is 10.6 Å². The lowest BCUT2D eigenvalue weighted by Crippen LogP contribution is -2.20. The number of hydrogen-bond donors (Lipinski definition) is 2. The molecule has 0 aliphatic carbocycles. The van der Waals surface area contributed by atoms with E-state index in [-0.39, 0.29) is 23.4 Å². The number of anilines is 3. The van der Waals surface area contributed by atoms with Crippen LogP contribution in [-0.2, 0) is 0 Å². The van der Waals surface area contributed by atoms with Crippen molar-refractivity contribution in [1.82, 2.24) is 9.97 Å². The number of nitro groups is 1. The SMILES string of the molecule is CCCC(CC)Nc1nc(C)nc(Nc2ccc(C(C)C)cc2Br)c1[N+](=O)[O-]. The van der Waals surface area contributed by atoms with Crippen LogP contribution in [0.3, 0.4) is 0 Å². The number of rotatable bonds is 9. The number of halogens is 1. The van der Waals surface area contributed by atoms with Crippen molar-refractivity contribution in [3.05, 3.63) is 44.2 Å². The minimum absolute atomic E-state index is 0.128. The molecule has 0 bridgehead atoms. The van der Waals surface area contributed by atoms with E-state index in [0.717, 1.165) is 29.4 Å². The Bertz CT molecular complexity index is 842. The summed E-state index contributed by atoms with van der Waals surface area (Å²) in [5, 5.41) is 18.2. The highest BCUT2D eigenvalue weighted by atomic mass is 79.9. The number of aryl methyl sites for hydroxylation is 1. The van der Waals surface area contributed by atoms with Gasteiger partial charge in [0.1, 0.15) is 5.82 Å². The second-order valence-corrected chi connectivity index (χ2v) is 7.99. The Labute approximate surface area is 174 Å². The van der Waals surface area contributed by atoms with Crippen molar-refractivity contribution in [2.24, 2.45) is 0 Å². The first-order chi connectivity index (χ1) is 13.3. The molecule has 2 N–H and O–H groups in total. The van der Waals surface area contributed by atoms with E-state index in [1.54, 1.807) is 6.92 Å². The van der Waals surface area contributed by atoms with Crippen LogP contribution in [0.15, 0.2) is 22.7 Å².